The predicted molar refractivity (Wildman–Crippen MR) is 88.7 cm³/mol. The lowest BCUT2D eigenvalue weighted by Gasteiger charge is -2.33. The van der Waals surface area contributed by atoms with Crippen LogP contribution in [0, 0.1) is 6.92 Å². The van der Waals surface area contributed by atoms with Gasteiger partial charge in [0.05, 0.1) is 18.8 Å². The van der Waals surface area contributed by atoms with Crippen LogP contribution in [-0.2, 0) is 17.7 Å². The van der Waals surface area contributed by atoms with Gasteiger partial charge >= 0.3 is 0 Å². The Morgan fingerprint density at radius 2 is 2.29 bits per heavy atom. The van der Waals surface area contributed by atoms with E-state index in [-0.39, 0.29) is 0 Å². The fourth-order valence-corrected chi connectivity index (χ4v) is 2.80. The van der Waals surface area contributed by atoms with Crippen molar-refractivity contribution < 1.29 is 9.26 Å². The van der Waals surface area contributed by atoms with Gasteiger partial charge in [0.1, 0.15) is 0 Å². The molecular weight excluding hydrogens is 308 g/mol. The van der Waals surface area contributed by atoms with E-state index in [1.54, 1.807) is 7.11 Å². The van der Waals surface area contributed by atoms with Crippen LogP contribution in [0.25, 0.3) is 0 Å². The van der Waals surface area contributed by atoms with Crippen molar-refractivity contribution >= 4 is 5.82 Å². The number of hydrogen-bond acceptors (Lipinski definition) is 8. The molecule has 1 aliphatic rings. The second-order valence-electron chi connectivity index (χ2n) is 6.05. The third-order valence-corrected chi connectivity index (χ3v) is 4.11. The van der Waals surface area contributed by atoms with Gasteiger partial charge in [-0.2, -0.15) is 10.1 Å². The number of rotatable bonds is 7. The predicted octanol–water partition coefficient (Wildman–Crippen LogP) is 1.12. The SMILES string of the molecule is COCCc1noc(CNC2CCCN(c3ccc(C)nn3)C2)n1. The molecule has 1 aliphatic heterocycles. The van der Waals surface area contributed by atoms with Crippen molar-refractivity contribution in [1.29, 1.82) is 0 Å². The molecule has 1 saturated heterocycles. The minimum absolute atomic E-state index is 0.371. The maximum atomic E-state index is 5.26. The lowest BCUT2D eigenvalue weighted by atomic mass is 10.1. The number of ether oxygens (including phenoxy) is 1. The maximum Gasteiger partial charge on any atom is 0.240 e. The molecule has 8 heteroatoms. The quantitative estimate of drug-likeness (QED) is 0.807. The molecule has 24 heavy (non-hydrogen) atoms. The van der Waals surface area contributed by atoms with Crippen LogP contribution in [0.2, 0.25) is 0 Å². The summed E-state index contributed by atoms with van der Waals surface area (Å²) in [5, 5.41) is 15.9. The molecule has 1 unspecified atom stereocenters. The molecule has 1 N–H and O–H groups in total. The summed E-state index contributed by atoms with van der Waals surface area (Å²) in [5.74, 6) is 2.24. The van der Waals surface area contributed by atoms with Crippen molar-refractivity contribution in [3.05, 3.63) is 29.5 Å². The van der Waals surface area contributed by atoms with Crippen LogP contribution in [0.4, 0.5) is 5.82 Å². The number of hydrogen-bond donors (Lipinski definition) is 1. The van der Waals surface area contributed by atoms with Crippen molar-refractivity contribution in [2.75, 3.05) is 31.7 Å². The first kappa shape index (κ1) is 16.8. The van der Waals surface area contributed by atoms with Gasteiger partial charge in [-0.15, -0.1) is 5.10 Å². The number of nitrogens with zero attached hydrogens (tertiary/aromatic N) is 5. The van der Waals surface area contributed by atoms with Gasteiger partial charge in [-0.1, -0.05) is 5.16 Å². The molecule has 0 saturated carbocycles. The Kier molecular flexibility index (Phi) is 5.71. The van der Waals surface area contributed by atoms with Crippen molar-refractivity contribution in [2.45, 2.75) is 38.8 Å². The van der Waals surface area contributed by atoms with Crippen LogP contribution < -0.4 is 10.2 Å². The topological polar surface area (TPSA) is 89.2 Å². The molecule has 0 spiro atoms. The van der Waals surface area contributed by atoms with Gasteiger partial charge < -0.3 is 19.5 Å². The molecule has 0 aliphatic carbocycles. The smallest absolute Gasteiger partial charge is 0.240 e. The number of methoxy groups -OCH3 is 1. The van der Waals surface area contributed by atoms with E-state index >= 15 is 0 Å². The summed E-state index contributed by atoms with van der Waals surface area (Å²) >= 11 is 0. The Labute approximate surface area is 141 Å². The van der Waals surface area contributed by atoms with Crippen molar-refractivity contribution in [3.63, 3.8) is 0 Å². The van der Waals surface area contributed by atoms with Gasteiger partial charge in [-0.3, -0.25) is 0 Å². The molecule has 0 aromatic carbocycles. The lowest BCUT2D eigenvalue weighted by Crippen LogP contribution is -2.45. The number of piperidine rings is 1. The second kappa shape index (κ2) is 8.16. The minimum Gasteiger partial charge on any atom is -0.384 e. The molecule has 1 fully saturated rings. The van der Waals surface area contributed by atoms with Gasteiger partial charge in [-0.05, 0) is 31.9 Å². The summed E-state index contributed by atoms with van der Waals surface area (Å²) in [6, 6.07) is 4.40. The highest BCUT2D eigenvalue weighted by Gasteiger charge is 2.21. The second-order valence-corrected chi connectivity index (χ2v) is 6.05. The first-order valence-electron chi connectivity index (χ1n) is 8.33. The summed E-state index contributed by atoms with van der Waals surface area (Å²) < 4.78 is 10.3. The van der Waals surface area contributed by atoms with Gasteiger partial charge in [0.15, 0.2) is 11.6 Å². The highest BCUT2D eigenvalue weighted by molar-refractivity contribution is 5.38. The molecule has 0 radical (unpaired) electrons. The normalized spacial score (nSPS) is 18.1. The largest absolute Gasteiger partial charge is 0.384 e. The molecular formula is C16H24N6O2. The Bertz CT molecular complexity index is 630. The third-order valence-electron chi connectivity index (χ3n) is 4.11. The van der Waals surface area contributed by atoms with Crippen LogP contribution in [0.15, 0.2) is 16.7 Å². The zero-order chi connectivity index (χ0) is 16.8. The minimum atomic E-state index is 0.371. The Hall–Kier alpha value is -2.06. The first-order chi connectivity index (χ1) is 11.7. The van der Waals surface area contributed by atoms with Gasteiger partial charge in [0.2, 0.25) is 5.89 Å². The molecule has 130 valence electrons. The van der Waals surface area contributed by atoms with E-state index in [2.05, 4.69) is 30.6 Å². The van der Waals surface area contributed by atoms with E-state index in [9.17, 15) is 0 Å². The standard InChI is InChI=1S/C16H24N6O2/c1-12-5-6-15(20-19-12)22-8-3-4-13(11-22)17-10-16-18-14(21-24-16)7-9-23-2/h5-6,13,17H,3-4,7-11H2,1-2H3. The number of aromatic nitrogens is 4. The summed E-state index contributed by atoms with van der Waals surface area (Å²) in [7, 11) is 1.66. The van der Waals surface area contributed by atoms with Crippen molar-refractivity contribution in [3.8, 4) is 0 Å². The first-order valence-corrected chi connectivity index (χ1v) is 8.33. The summed E-state index contributed by atoms with van der Waals surface area (Å²) in [5.41, 5.74) is 0.936. The fourth-order valence-electron chi connectivity index (χ4n) is 2.80. The highest BCUT2D eigenvalue weighted by atomic mass is 16.5. The van der Waals surface area contributed by atoms with Crippen LogP contribution in [0.3, 0.4) is 0 Å². The van der Waals surface area contributed by atoms with E-state index in [0.29, 0.717) is 37.3 Å². The molecule has 2 aromatic heterocycles. The number of nitrogens with one attached hydrogen (secondary N) is 1. The van der Waals surface area contributed by atoms with Gasteiger partial charge in [0.25, 0.3) is 0 Å². The summed E-state index contributed by atoms with van der Waals surface area (Å²) in [6.45, 7) is 5.04. The Morgan fingerprint density at radius 1 is 1.38 bits per heavy atom. The fraction of sp³-hybridized carbons (Fsp3) is 0.625. The van der Waals surface area contributed by atoms with E-state index in [1.807, 2.05) is 19.1 Å². The van der Waals surface area contributed by atoms with E-state index in [0.717, 1.165) is 37.4 Å². The molecule has 2 aromatic rings. The zero-order valence-corrected chi connectivity index (χ0v) is 14.2. The summed E-state index contributed by atoms with van der Waals surface area (Å²) in [4.78, 5) is 6.63. The number of anilines is 1. The Morgan fingerprint density at radius 3 is 3.08 bits per heavy atom. The summed E-state index contributed by atoms with van der Waals surface area (Å²) in [6.07, 6.45) is 2.92. The van der Waals surface area contributed by atoms with Crippen LogP contribution in [0.1, 0.15) is 30.3 Å². The van der Waals surface area contributed by atoms with Gasteiger partial charge in [0, 0.05) is 32.7 Å². The lowest BCUT2D eigenvalue weighted by molar-refractivity contribution is 0.199. The van der Waals surface area contributed by atoms with E-state index in [4.69, 9.17) is 9.26 Å². The monoisotopic (exact) mass is 332 g/mol. The molecule has 0 bridgehead atoms. The maximum absolute atomic E-state index is 5.26. The van der Waals surface area contributed by atoms with Crippen LogP contribution in [-0.4, -0.2) is 53.2 Å². The van der Waals surface area contributed by atoms with E-state index in [1.165, 1.54) is 0 Å². The Balaban J connectivity index is 1.50. The molecule has 0 amide bonds. The van der Waals surface area contributed by atoms with Crippen LogP contribution in [0.5, 0.6) is 0 Å². The molecule has 8 nitrogen and oxygen atoms in total. The highest BCUT2D eigenvalue weighted by Crippen LogP contribution is 2.17. The zero-order valence-electron chi connectivity index (χ0n) is 14.2. The molecule has 3 heterocycles. The van der Waals surface area contributed by atoms with Crippen LogP contribution >= 0.6 is 0 Å². The average Bonchev–Trinajstić information content (AvgIpc) is 3.07. The molecule has 3 rings (SSSR count). The molecule has 1 atom stereocenters. The number of aryl methyl sites for hydroxylation is 1. The third kappa shape index (κ3) is 4.48. The van der Waals surface area contributed by atoms with Gasteiger partial charge in [-0.25, -0.2) is 0 Å². The van der Waals surface area contributed by atoms with Crippen molar-refractivity contribution in [2.24, 2.45) is 0 Å². The van der Waals surface area contributed by atoms with Crippen molar-refractivity contribution in [1.82, 2.24) is 25.7 Å². The average molecular weight is 332 g/mol. The van der Waals surface area contributed by atoms with E-state index < -0.39 is 0 Å².